The molecule has 0 spiro atoms. The van der Waals surface area contributed by atoms with E-state index in [9.17, 15) is 14.7 Å². The predicted octanol–water partition coefficient (Wildman–Crippen LogP) is 3.55. The van der Waals surface area contributed by atoms with Crippen molar-refractivity contribution >= 4 is 46.3 Å². The van der Waals surface area contributed by atoms with Gasteiger partial charge in [-0.25, -0.2) is 4.79 Å². The highest BCUT2D eigenvalue weighted by atomic mass is 32.2. The van der Waals surface area contributed by atoms with Gasteiger partial charge in [0.15, 0.2) is 0 Å². The first-order chi connectivity index (χ1) is 10.9. The van der Waals surface area contributed by atoms with Crippen LogP contribution in [0.25, 0.3) is 6.08 Å². The minimum Gasteiger partial charge on any atom is -0.480 e. The van der Waals surface area contributed by atoms with Crippen LogP contribution in [-0.4, -0.2) is 32.2 Å². The molecule has 2 rings (SSSR count). The number of carbonyl (C=O) groups is 2. The molecule has 0 radical (unpaired) electrons. The van der Waals surface area contributed by atoms with Gasteiger partial charge in [-0.3, -0.25) is 9.69 Å². The van der Waals surface area contributed by atoms with Crippen molar-refractivity contribution in [3.05, 3.63) is 53.0 Å². The number of aliphatic carboxylic acids is 1. The minimum absolute atomic E-state index is 0.228. The van der Waals surface area contributed by atoms with Crippen LogP contribution >= 0.6 is 24.0 Å². The number of hydrogen-bond acceptors (Lipinski definition) is 4. The zero-order chi connectivity index (χ0) is 17.0. The number of carbonyl (C=O) groups excluding carboxylic acids is 1. The lowest BCUT2D eigenvalue weighted by Gasteiger charge is -2.26. The summed E-state index contributed by atoms with van der Waals surface area (Å²) in [6.07, 6.45) is 5.32. The molecule has 1 amide bonds. The molecule has 1 aromatic carbocycles. The molecular formula is C17H17NO3S2. The summed E-state index contributed by atoms with van der Waals surface area (Å²) in [6, 6.07) is 8.76. The van der Waals surface area contributed by atoms with E-state index in [1.807, 2.05) is 36.4 Å². The lowest BCUT2D eigenvalue weighted by molar-refractivity contribution is -0.146. The number of amides is 1. The fourth-order valence-electron chi connectivity index (χ4n) is 2.24. The summed E-state index contributed by atoms with van der Waals surface area (Å²) in [5.41, 5.74) is 1.02. The van der Waals surface area contributed by atoms with Crippen molar-refractivity contribution in [3.8, 4) is 0 Å². The summed E-state index contributed by atoms with van der Waals surface area (Å²) < 4.78 is 0.287. The highest BCUT2D eigenvalue weighted by Gasteiger charge is 2.41. The van der Waals surface area contributed by atoms with Gasteiger partial charge in [0.2, 0.25) is 0 Å². The highest BCUT2D eigenvalue weighted by Crippen LogP contribution is 2.34. The van der Waals surface area contributed by atoms with Crippen molar-refractivity contribution < 1.29 is 14.7 Å². The van der Waals surface area contributed by atoms with Crippen molar-refractivity contribution in [3.63, 3.8) is 0 Å². The van der Waals surface area contributed by atoms with Gasteiger partial charge in [0.05, 0.1) is 4.91 Å². The highest BCUT2D eigenvalue weighted by molar-refractivity contribution is 8.26. The fraction of sp³-hybridized carbons (Fsp3) is 0.235. The molecular weight excluding hydrogens is 330 g/mol. The molecule has 1 N–H and O–H groups in total. The maximum atomic E-state index is 12.5. The van der Waals surface area contributed by atoms with Crippen molar-refractivity contribution in [1.82, 2.24) is 4.90 Å². The van der Waals surface area contributed by atoms with Gasteiger partial charge in [0, 0.05) is 0 Å². The Morgan fingerprint density at radius 3 is 2.52 bits per heavy atom. The quantitative estimate of drug-likeness (QED) is 0.652. The van der Waals surface area contributed by atoms with E-state index in [0.717, 1.165) is 17.3 Å². The number of carboxylic acid groups (broad SMARTS) is 1. The van der Waals surface area contributed by atoms with E-state index in [1.165, 1.54) is 4.90 Å². The molecule has 1 aliphatic heterocycles. The molecule has 0 bridgehead atoms. The standard InChI is InChI=1S/C17H17NO3S2/c1-11(2)14(16(20)21)18-15(19)13(23-17(18)22)10-6-9-12-7-4-3-5-8-12/h3-11,14H,1-2H3,(H,20,21)/b9-6+,13-10-/t14-/m0/s1. The minimum atomic E-state index is -1.04. The summed E-state index contributed by atoms with van der Waals surface area (Å²) in [5.74, 6) is -1.62. The van der Waals surface area contributed by atoms with Crippen LogP contribution in [-0.2, 0) is 9.59 Å². The van der Waals surface area contributed by atoms with Gasteiger partial charge in [0.1, 0.15) is 10.4 Å². The van der Waals surface area contributed by atoms with E-state index in [0.29, 0.717) is 4.91 Å². The summed E-state index contributed by atoms with van der Waals surface area (Å²) in [4.78, 5) is 25.5. The largest absolute Gasteiger partial charge is 0.480 e. The number of allylic oxidation sites excluding steroid dienone is 2. The molecule has 0 aromatic heterocycles. The fourth-order valence-corrected chi connectivity index (χ4v) is 3.52. The van der Waals surface area contributed by atoms with Crippen molar-refractivity contribution in [2.75, 3.05) is 0 Å². The molecule has 4 nitrogen and oxygen atoms in total. The third-order valence-corrected chi connectivity index (χ3v) is 4.67. The molecule has 120 valence electrons. The van der Waals surface area contributed by atoms with Crippen LogP contribution in [0.15, 0.2) is 47.4 Å². The van der Waals surface area contributed by atoms with Gasteiger partial charge in [-0.2, -0.15) is 0 Å². The smallest absolute Gasteiger partial charge is 0.327 e. The second-order valence-corrected chi connectivity index (χ2v) is 7.05. The summed E-state index contributed by atoms with van der Waals surface area (Å²) in [7, 11) is 0. The second kappa shape index (κ2) is 7.57. The lowest BCUT2D eigenvalue weighted by Crippen LogP contribution is -2.47. The SMILES string of the molecule is CC(C)[C@@H](C(=O)O)N1C(=O)/C(=C/C=C/c2ccccc2)SC1=S. The van der Waals surface area contributed by atoms with Gasteiger partial charge in [-0.15, -0.1) is 0 Å². The molecule has 1 atom stereocenters. The number of nitrogens with zero attached hydrogens (tertiary/aromatic N) is 1. The van der Waals surface area contributed by atoms with Crippen LogP contribution in [0.3, 0.4) is 0 Å². The topological polar surface area (TPSA) is 57.6 Å². The molecule has 0 unspecified atom stereocenters. The maximum Gasteiger partial charge on any atom is 0.327 e. The van der Waals surface area contributed by atoms with E-state index >= 15 is 0 Å². The van der Waals surface area contributed by atoms with Crippen molar-refractivity contribution in [1.29, 1.82) is 0 Å². The Labute approximate surface area is 144 Å². The van der Waals surface area contributed by atoms with Crippen molar-refractivity contribution in [2.24, 2.45) is 5.92 Å². The summed E-state index contributed by atoms with van der Waals surface area (Å²) in [5, 5.41) is 9.35. The van der Waals surface area contributed by atoms with Gasteiger partial charge in [-0.05, 0) is 17.6 Å². The Morgan fingerprint density at radius 2 is 1.96 bits per heavy atom. The zero-order valence-corrected chi connectivity index (χ0v) is 14.4. The Balaban J connectivity index is 2.19. The molecule has 1 heterocycles. The van der Waals surface area contributed by atoms with Crippen molar-refractivity contribution in [2.45, 2.75) is 19.9 Å². The predicted molar refractivity (Wildman–Crippen MR) is 96.9 cm³/mol. The Kier molecular flexibility index (Phi) is 5.74. The van der Waals surface area contributed by atoms with E-state index in [4.69, 9.17) is 12.2 Å². The number of carboxylic acids is 1. The molecule has 6 heteroatoms. The van der Waals surface area contributed by atoms with Crippen LogP contribution in [0.1, 0.15) is 19.4 Å². The number of thiocarbonyl (C=S) groups is 1. The van der Waals surface area contributed by atoms with Gasteiger partial charge in [0.25, 0.3) is 5.91 Å². The summed E-state index contributed by atoms with van der Waals surface area (Å²) >= 11 is 6.33. The molecule has 1 fully saturated rings. The third-order valence-electron chi connectivity index (χ3n) is 3.32. The molecule has 1 aliphatic rings. The van der Waals surface area contributed by atoms with E-state index in [1.54, 1.807) is 26.0 Å². The lowest BCUT2D eigenvalue weighted by atomic mass is 10.0. The number of benzene rings is 1. The average Bonchev–Trinajstić information content (AvgIpc) is 2.76. The van der Waals surface area contributed by atoms with Crippen LogP contribution in [0.5, 0.6) is 0 Å². The first kappa shape index (κ1) is 17.4. The Hall–Kier alpha value is -1.92. The van der Waals surface area contributed by atoms with Gasteiger partial charge in [-0.1, -0.05) is 80.3 Å². The van der Waals surface area contributed by atoms with Crippen LogP contribution < -0.4 is 0 Å². The number of rotatable bonds is 5. The van der Waals surface area contributed by atoms with Gasteiger partial charge < -0.3 is 5.11 Å². The maximum absolute atomic E-state index is 12.5. The van der Waals surface area contributed by atoms with Crippen LogP contribution in [0.4, 0.5) is 0 Å². The van der Waals surface area contributed by atoms with Crippen LogP contribution in [0, 0.1) is 5.92 Å². The monoisotopic (exact) mass is 347 g/mol. The average molecular weight is 347 g/mol. The number of hydrogen-bond donors (Lipinski definition) is 1. The second-order valence-electron chi connectivity index (χ2n) is 5.37. The Morgan fingerprint density at radius 1 is 1.30 bits per heavy atom. The number of thioether (sulfide) groups is 1. The van der Waals surface area contributed by atoms with E-state index in [-0.39, 0.29) is 16.1 Å². The Bertz CT molecular complexity index is 680. The normalized spacial score (nSPS) is 18.4. The van der Waals surface area contributed by atoms with E-state index < -0.39 is 12.0 Å². The zero-order valence-electron chi connectivity index (χ0n) is 12.8. The molecule has 1 saturated heterocycles. The molecule has 0 aliphatic carbocycles. The molecule has 23 heavy (non-hydrogen) atoms. The summed E-state index contributed by atoms with van der Waals surface area (Å²) in [6.45, 7) is 3.52. The van der Waals surface area contributed by atoms with Crippen LogP contribution in [0.2, 0.25) is 0 Å². The molecule has 1 aromatic rings. The van der Waals surface area contributed by atoms with E-state index in [2.05, 4.69) is 0 Å². The first-order valence-corrected chi connectivity index (χ1v) is 8.36. The van der Waals surface area contributed by atoms with Gasteiger partial charge >= 0.3 is 5.97 Å². The molecule has 0 saturated carbocycles. The third kappa shape index (κ3) is 4.09. The first-order valence-electron chi connectivity index (χ1n) is 7.13.